The van der Waals surface area contributed by atoms with Gasteiger partial charge in [-0.2, -0.15) is 0 Å². The quantitative estimate of drug-likeness (QED) is 0.397. The van der Waals surface area contributed by atoms with E-state index in [1.165, 1.54) is 12.8 Å². The Balaban J connectivity index is 2.57. The van der Waals surface area contributed by atoms with Crippen LogP contribution in [0.25, 0.3) is 0 Å². The summed E-state index contributed by atoms with van der Waals surface area (Å²) in [5.74, 6) is 0.0846. The van der Waals surface area contributed by atoms with Gasteiger partial charge in [-0.3, -0.25) is 4.79 Å². The van der Waals surface area contributed by atoms with Crippen molar-refractivity contribution in [2.24, 2.45) is 11.8 Å². The third-order valence-corrected chi connectivity index (χ3v) is 5.43. The molecule has 0 aliphatic carbocycles. The molecule has 1 saturated heterocycles. The summed E-state index contributed by atoms with van der Waals surface area (Å²) in [6, 6.07) is 0. The molecule has 1 aliphatic heterocycles. The van der Waals surface area contributed by atoms with E-state index in [-0.39, 0.29) is 24.0 Å². The van der Waals surface area contributed by atoms with E-state index in [1.54, 1.807) is 0 Å². The van der Waals surface area contributed by atoms with Crippen molar-refractivity contribution in [3.8, 4) is 0 Å². The first-order chi connectivity index (χ1) is 11.5. The average Bonchev–Trinajstić information content (AvgIpc) is 2.58. The molecule has 0 amide bonds. The van der Waals surface area contributed by atoms with Crippen molar-refractivity contribution in [2.45, 2.75) is 97.2 Å². The molecule has 1 heterocycles. The topological polar surface area (TPSA) is 55.8 Å². The number of hydrogen-bond donors (Lipinski definition) is 1. The summed E-state index contributed by atoms with van der Waals surface area (Å²) < 4.78 is 0. The van der Waals surface area contributed by atoms with Gasteiger partial charge in [0.25, 0.3) is 0 Å². The van der Waals surface area contributed by atoms with Gasteiger partial charge in [0.05, 0.1) is 6.42 Å². The first-order valence-corrected chi connectivity index (χ1v) is 9.73. The highest BCUT2D eigenvalue weighted by atomic mass is 17.2. The maximum absolute atomic E-state index is 11.0. The Kier molecular flexibility index (Phi) is 9.60. The van der Waals surface area contributed by atoms with Crippen LogP contribution < -0.4 is 0 Å². The molecule has 2 unspecified atom stereocenters. The number of carboxylic acid groups (broad SMARTS) is 1. The first-order valence-electron chi connectivity index (χ1n) is 9.73. The van der Waals surface area contributed by atoms with Crippen molar-refractivity contribution < 1.29 is 19.7 Å². The smallest absolute Gasteiger partial charge is 0.306 e. The second-order valence-corrected chi connectivity index (χ2v) is 7.12. The van der Waals surface area contributed by atoms with Crippen LogP contribution in [0.5, 0.6) is 0 Å². The standard InChI is InChI=1S/C20H36O4/c1-5-9-11-16(6-2)12-10-13-20(8-4)15-17(7-3)18(23-24-20)14-19(21)22/h9,11,16-18H,5-8,10,12-15H2,1-4H3,(H,21,22)/b11-9+/t16?,17-,18-,20?/m0/s1. The maximum atomic E-state index is 11.0. The van der Waals surface area contributed by atoms with Crippen molar-refractivity contribution >= 4 is 5.97 Å². The molecule has 0 aromatic carbocycles. The lowest BCUT2D eigenvalue weighted by Crippen LogP contribution is -2.45. The van der Waals surface area contributed by atoms with Crippen LogP contribution in [0.15, 0.2) is 12.2 Å². The molecule has 0 spiro atoms. The van der Waals surface area contributed by atoms with Crippen LogP contribution in [-0.4, -0.2) is 22.8 Å². The van der Waals surface area contributed by atoms with Gasteiger partial charge < -0.3 is 5.11 Å². The SMILES string of the molecule is CC/C=C/C(CC)CCCC1(CC)C[C@H](CC)[C@H](CC(=O)O)OO1. The highest BCUT2D eigenvalue weighted by Gasteiger charge is 2.42. The highest BCUT2D eigenvalue weighted by molar-refractivity contribution is 5.67. The van der Waals surface area contributed by atoms with Gasteiger partial charge in [0.1, 0.15) is 11.7 Å². The summed E-state index contributed by atoms with van der Waals surface area (Å²) in [5, 5.41) is 9.02. The Morgan fingerprint density at radius 1 is 1.33 bits per heavy atom. The number of carbonyl (C=O) groups is 1. The van der Waals surface area contributed by atoms with Crippen LogP contribution in [0.4, 0.5) is 0 Å². The van der Waals surface area contributed by atoms with E-state index in [2.05, 4.69) is 39.8 Å². The monoisotopic (exact) mass is 340 g/mol. The predicted octanol–water partition coefficient (Wildman–Crippen LogP) is 5.52. The van der Waals surface area contributed by atoms with Gasteiger partial charge >= 0.3 is 5.97 Å². The summed E-state index contributed by atoms with van der Waals surface area (Å²) in [6.45, 7) is 8.66. The molecule has 140 valence electrons. The fraction of sp³-hybridized carbons (Fsp3) is 0.850. The van der Waals surface area contributed by atoms with E-state index in [0.717, 1.165) is 38.5 Å². The molecule has 0 saturated carbocycles. The number of aliphatic carboxylic acids is 1. The van der Waals surface area contributed by atoms with E-state index >= 15 is 0 Å². The molecule has 0 aromatic rings. The van der Waals surface area contributed by atoms with Gasteiger partial charge in [0, 0.05) is 0 Å². The maximum Gasteiger partial charge on any atom is 0.306 e. The van der Waals surface area contributed by atoms with Crippen molar-refractivity contribution in [1.82, 2.24) is 0 Å². The minimum absolute atomic E-state index is 0.0258. The minimum atomic E-state index is -0.820. The molecule has 1 aliphatic rings. The molecular weight excluding hydrogens is 304 g/mol. The fourth-order valence-corrected chi connectivity index (χ4v) is 3.64. The zero-order valence-corrected chi connectivity index (χ0v) is 15.9. The summed E-state index contributed by atoms with van der Waals surface area (Å²) in [7, 11) is 0. The zero-order valence-electron chi connectivity index (χ0n) is 15.9. The number of allylic oxidation sites excluding steroid dienone is 2. The number of rotatable bonds is 11. The molecule has 0 radical (unpaired) electrons. The fourth-order valence-electron chi connectivity index (χ4n) is 3.64. The van der Waals surface area contributed by atoms with E-state index < -0.39 is 5.97 Å². The lowest BCUT2D eigenvalue weighted by molar-refractivity contribution is -0.423. The molecule has 4 nitrogen and oxygen atoms in total. The lowest BCUT2D eigenvalue weighted by atomic mass is 9.79. The Morgan fingerprint density at radius 3 is 2.62 bits per heavy atom. The van der Waals surface area contributed by atoms with Gasteiger partial charge in [0.2, 0.25) is 0 Å². The lowest BCUT2D eigenvalue weighted by Gasteiger charge is -2.42. The average molecular weight is 341 g/mol. The third kappa shape index (κ3) is 6.56. The normalized spacial score (nSPS) is 29.0. The van der Waals surface area contributed by atoms with E-state index in [0.29, 0.717) is 5.92 Å². The van der Waals surface area contributed by atoms with Crippen LogP contribution in [0.1, 0.15) is 85.5 Å². The highest BCUT2D eigenvalue weighted by Crippen LogP contribution is 2.40. The van der Waals surface area contributed by atoms with Crippen molar-refractivity contribution in [3.05, 3.63) is 12.2 Å². The predicted molar refractivity (Wildman–Crippen MR) is 96.7 cm³/mol. The van der Waals surface area contributed by atoms with Gasteiger partial charge in [-0.25, -0.2) is 9.78 Å². The van der Waals surface area contributed by atoms with E-state index in [4.69, 9.17) is 14.9 Å². The van der Waals surface area contributed by atoms with Gasteiger partial charge in [-0.15, -0.1) is 0 Å². The molecule has 1 N–H and O–H groups in total. The van der Waals surface area contributed by atoms with Crippen LogP contribution >= 0.6 is 0 Å². The number of hydrogen-bond acceptors (Lipinski definition) is 3. The molecule has 4 atom stereocenters. The van der Waals surface area contributed by atoms with Crippen molar-refractivity contribution in [1.29, 1.82) is 0 Å². The summed E-state index contributed by atoms with van der Waals surface area (Å²) in [5.41, 5.74) is -0.248. The molecule has 0 bridgehead atoms. The molecule has 0 aromatic heterocycles. The zero-order chi connectivity index (χ0) is 18.0. The summed E-state index contributed by atoms with van der Waals surface area (Å²) >= 11 is 0. The Labute approximate surface area is 147 Å². The Hall–Kier alpha value is -0.870. The van der Waals surface area contributed by atoms with Crippen molar-refractivity contribution in [2.75, 3.05) is 0 Å². The van der Waals surface area contributed by atoms with Crippen LogP contribution in [0.2, 0.25) is 0 Å². The molecule has 1 fully saturated rings. The summed E-state index contributed by atoms with van der Waals surface area (Å²) in [4.78, 5) is 22.3. The largest absolute Gasteiger partial charge is 0.481 e. The van der Waals surface area contributed by atoms with Crippen LogP contribution in [0.3, 0.4) is 0 Å². The van der Waals surface area contributed by atoms with E-state index in [1.807, 2.05) is 0 Å². The Morgan fingerprint density at radius 2 is 2.08 bits per heavy atom. The van der Waals surface area contributed by atoms with Crippen LogP contribution in [0, 0.1) is 11.8 Å². The second kappa shape index (κ2) is 10.9. The summed E-state index contributed by atoms with van der Waals surface area (Å²) in [6.07, 6.45) is 12.6. The molecular formula is C20H36O4. The molecule has 4 heteroatoms. The third-order valence-electron chi connectivity index (χ3n) is 5.43. The Bertz CT molecular complexity index is 393. The van der Waals surface area contributed by atoms with Gasteiger partial charge in [-0.05, 0) is 56.8 Å². The first kappa shape index (κ1) is 21.2. The molecule has 24 heavy (non-hydrogen) atoms. The van der Waals surface area contributed by atoms with Crippen LogP contribution in [-0.2, 0) is 14.6 Å². The van der Waals surface area contributed by atoms with Crippen molar-refractivity contribution in [3.63, 3.8) is 0 Å². The van der Waals surface area contributed by atoms with Gasteiger partial charge in [0.15, 0.2) is 0 Å². The molecule has 1 rings (SSSR count). The minimum Gasteiger partial charge on any atom is -0.481 e. The second-order valence-electron chi connectivity index (χ2n) is 7.12. The number of carboxylic acids is 1. The van der Waals surface area contributed by atoms with E-state index in [9.17, 15) is 4.79 Å². The van der Waals surface area contributed by atoms with Gasteiger partial charge in [-0.1, -0.05) is 46.3 Å².